The van der Waals surface area contributed by atoms with Crippen molar-refractivity contribution >= 4 is 19.8 Å². The van der Waals surface area contributed by atoms with Crippen molar-refractivity contribution in [2.45, 2.75) is 128 Å². The van der Waals surface area contributed by atoms with Crippen molar-refractivity contribution < 1.29 is 48.2 Å². The number of unbranched alkanes of at least 4 members (excludes halogenated alkanes) is 1. The molecular weight excluding hydrogens is 613 g/mol. The van der Waals surface area contributed by atoms with Crippen molar-refractivity contribution in [3.05, 3.63) is 48.6 Å². The monoisotopic (exact) mass is 669 g/mol. The highest BCUT2D eigenvalue weighted by Crippen LogP contribution is 2.42. The largest absolute Gasteiger partial charge is 0.469 e. The Morgan fingerprint density at radius 1 is 1.22 bits per heavy atom. The number of phosphoric ester groups is 1. The normalized spacial score (nSPS) is 25.9. The van der Waals surface area contributed by atoms with E-state index >= 15 is 0 Å². The van der Waals surface area contributed by atoms with Gasteiger partial charge in [-0.15, -0.1) is 0 Å². The van der Waals surface area contributed by atoms with Gasteiger partial charge in [-0.3, -0.25) is 9.32 Å². The molecule has 1 heterocycles. The van der Waals surface area contributed by atoms with Crippen LogP contribution in [0.25, 0.3) is 0 Å². The average molecular weight is 670 g/mol. The molecule has 0 unspecified atom stereocenters. The zero-order valence-corrected chi connectivity index (χ0v) is 28.5. The van der Waals surface area contributed by atoms with Gasteiger partial charge < -0.3 is 35.2 Å². The fourth-order valence-electron chi connectivity index (χ4n) is 5.86. The van der Waals surface area contributed by atoms with Crippen LogP contribution in [-0.2, 0) is 28.2 Å². The zero-order chi connectivity index (χ0) is 34.2. The van der Waals surface area contributed by atoms with Gasteiger partial charge in [-0.25, -0.2) is 9.36 Å². The van der Waals surface area contributed by atoms with Gasteiger partial charge in [-0.1, -0.05) is 76.5 Å². The van der Waals surface area contributed by atoms with Crippen LogP contribution in [0.15, 0.2) is 48.6 Å². The van der Waals surface area contributed by atoms with E-state index in [-0.39, 0.29) is 43.3 Å². The van der Waals surface area contributed by atoms with E-state index < -0.39 is 37.7 Å². The number of carbonyl (C=O) groups excluding carboxylic acids is 2. The zero-order valence-electron chi connectivity index (χ0n) is 27.6. The summed E-state index contributed by atoms with van der Waals surface area (Å²) in [5.41, 5.74) is 3.75. The molecule has 0 aromatic carbocycles. The smallest absolute Gasteiger partial charge is 0.462 e. The number of aliphatic hydroxyl groups is 2. The van der Waals surface area contributed by atoms with E-state index in [4.69, 9.17) is 19.7 Å². The molecule has 2 aliphatic rings. The average Bonchev–Trinajstić information content (AvgIpc) is 2.99. The van der Waals surface area contributed by atoms with Gasteiger partial charge in [0.15, 0.2) is 0 Å². The van der Waals surface area contributed by atoms with Crippen molar-refractivity contribution in [1.82, 2.24) is 0 Å². The molecule has 12 heteroatoms. The molecule has 46 heavy (non-hydrogen) atoms. The van der Waals surface area contributed by atoms with Crippen LogP contribution in [0.4, 0.5) is 0 Å². The van der Waals surface area contributed by atoms with E-state index in [1.165, 1.54) is 24.3 Å². The molecule has 1 fully saturated rings. The van der Waals surface area contributed by atoms with E-state index in [0.717, 1.165) is 51.4 Å². The highest BCUT2D eigenvalue weighted by Gasteiger charge is 2.40. The van der Waals surface area contributed by atoms with E-state index in [0.29, 0.717) is 18.8 Å². The first-order chi connectivity index (χ1) is 21.8. The molecule has 6 N–H and O–H groups in total. The fraction of sp³-hybridized carbons (Fsp3) is 0.706. The Balaban J connectivity index is 1.99. The number of ether oxygens (including phenoxy) is 2. The molecule has 1 saturated carbocycles. The molecule has 0 aromatic rings. The minimum absolute atomic E-state index is 0.0476. The summed E-state index contributed by atoms with van der Waals surface area (Å²) in [6.45, 7) is 6.27. The number of hydrogen-bond donors (Lipinski definition) is 5. The Morgan fingerprint density at radius 3 is 2.65 bits per heavy atom. The lowest BCUT2D eigenvalue weighted by Crippen LogP contribution is -2.45. The summed E-state index contributed by atoms with van der Waals surface area (Å²) in [6.07, 6.45) is 17.3. The van der Waals surface area contributed by atoms with Gasteiger partial charge in [0.05, 0.1) is 6.10 Å². The quantitative estimate of drug-likeness (QED) is 0.0378. The summed E-state index contributed by atoms with van der Waals surface area (Å²) in [6, 6.07) is 0. The molecular formula is C34H56NO10P. The Kier molecular flexibility index (Phi) is 17.7. The summed E-state index contributed by atoms with van der Waals surface area (Å²) >= 11 is 0. The van der Waals surface area contributed by atoms with Gasteiger partial charge in [0.25, 0.3) is 0 Å². The Morgan fingerprint density at radius 2 is 1.98 bits per heavy atom. The first-order valence-electron chi connectivity index (χ1n) is 16.8. The Labute approximate surface area is 274 Å². The number of nitrogens with two attached hydrogens (primary N) is 1. The summed E-state index contributed by atoms with van der Waals surface area (Å²) in [5, 5.41) is 22.2. The Hall–Kier alpha value is -2.11. The third kappa shape index (κ3) is 15.2. The van der Waals surface area contributed by atoms with Crippen molar-refractivity contribution in [3.8, 4) is 0 Å². The lowest BCUT2D eigenvalue weighted by atomic mass is 9.86. The number of cyclic esters (lactones) is 1. The van der Waals surface area contributed by atoms with E-state index in [1.54, 1.807) is 18.2 Å². The van der Waals surface area contributed by atoms with E-state index in [2.05, 4.69) is 13.8 Å². The maximum Gasteiger partial charge on any atom is 0.469 e. The molecule has 8 atom stereocenters. The van der Waals surface area contributed by atoms with Crippen LogP contribution in [0.5, 0.6) is 0 Å². The van der Waals surface area contributed by atoms with Crippen LogP contribution in [0.1, 0.15) is 97.8 Å². The Bertz CT molecular complexity index is 1100. The number of esters is 2. The predicted octanol–water partition coefficient (Wildman–Crippen LogP) is 5.18. The lowest BCUT2D eigenvalue weighted by Gasteiger charge is -2.35. The minimum atomic E-state index is -5.08. The molecule has 2 rings (SSSR count). The summed E-state index contributed by atoms with van der Waals surface area (Å²) in [4.78, 5) is 43.3. The number of phosphoric acid groups is 1. The van der Waals surface area contributed by atoms with Crippen molar-refractivity contribution in [2.75, 3.05) is 6.54 Å². The number of hydrogen-bond acceptors (Lipinski definition) is 9. The van der Waals surface area contributed by atoms with Crippen LogP contribution in [0.2, 0.25) is 0 Å². The molecule has 1 aliphatic carbocycles. The maximum atomic E-state index is 12.3. The number of rotatable bonds is 20. The molecule has 0 amide bonds. The van der Waals surface area contributed by atoms with Crippen LogP contribution in [-0.4, -0.2) is 68.5 Å². The summed E-state index contributed by atoms with van der Waals surface area (Å²) in [7, 11) is -5.08. The van der Waals surface area contributed by atoms with Crippen LogP contribution >= 0.6 is 7.82 Å². The second-order valence-electron chi connectivity index (χ2n) is 12.7. The molecule has 0 aromatic heterocycles. The van der Waals surface area contributed by atoms with Crippen molar-refractivity contribution in [1.29, 1.82) is 0 Å². The third-order valence-electron chi connectivity index (χ3n) is 8.84. The topological polar surface area (TPSA) is 186 Å². The first-order valence-corrected chi connectivity index (χ1v) is 18.3. The van der Waals surface area contributed by atoms with Crippen LogP contribution in [0, 0.1) is 17.8 Å². The fourth-order valence-corrected chi connectivity index (χ4v) is 6.46. The summed E-state index contributed by atoms with van der Waals surface area (Å²) < 4.78 is 27.9. The SMILES string of the molecule is CC[C@H](C)CCCCC(=O)O[C@H]1CCC[C@@H](/C=C\C=C/[C@H](O)C[C@@H](OP(=O)(O)O)[C@](O)(/C=C/[C@@H]2OC(=O)C=C[C@@H]2CC)CCN)C1. The molecule has 0 bridgehead atoms. The number of aliphatic hydroxyl groups excluding tert-OH is 1. The van der Waals surface area contributed by atoms with Gasteiger partial charge >= 0.3 is 19.8 Å². The van der Waals surface area contributed by atoms with Gasteiger partial charge in [-0.05, 0) is 69.4 Å². The van der Waals surface area contributed by atoms with E-state index in [9.17, 15) is 34.2 Å². The molecule has 11 nitrogen and oxygen atoms in total. The maximum absolute atomic E-state index is 12.3. The van der Waals surface area contributed by atoms with Crippen molar-refractivity contribution in [3.63, 3.8) is 0 Å². The van der Waals surface area contributed by atoms with Crippen molar-refractivity contribution in [2.24, 2.45) is 23.5 Å². The highest BCUT2D eigenvalue weighted by molar-refractivity contribution is 7.46. The highest BCUT2D eigenvalue weighted by atomic mass is 31.2. The number of allylic oxidation sites excluding steroid dienone is 3. The summed E-state index contributed by atoms with van der Waals surface area (Å²) in [5.74, 6) is 0.0647. The second kappa shape index (κ2) is 20.3. The number of carbonyl (C=O) groups is 2. The third-order valence-corrected chi connectivity index (χ3v) is 9.37. The van der Waals surface area contributed by atoms with Crippen LogP contribution in [0.3, 0.4) is 0 Å². The molecule has 262 valence electrons. The minimum Gasteiger partial charge on any atom is -0.462 e. The molecule has 1 aliphatic heterocycles. The predicted molar refractivity (Wildman–Crippen MR) is 176 cm³/mol. The molecule has 0 saturated heterocycles. The van der Waals surface area contributed by atoms with Gasteiger partial charge in [-0.2, -0.15) is 0 Å². The first kappa shape index (κ1) is 40.1. The van der Waals surface area contributed by atoms with Gasteiger partial charge in [0, 0.05) is 24.8 Å². The standard InChI is InChI=1S/C34H56NO10P/c1-4-25(3)11-6-9-16-32(37)43-29-15-10-13-26(23-29)12-7-8-14-28(36)24-31(45-46(40,41)42)34(39,21-22-35)20-19-30-27(5-2)17-18-33(38)44-30/h7-8,12,14,17-20,25-31,36,39H,4-6,9-11,13,15-16,21-24,35H2,1-3H3,(H2,40,41,42)/b12-7-,14-8-,20-19+/t25-,26+,27-,28-,29-,30-,31+,34-/m0/s1. The van der Waals surface area contributed by atoms with E-state index in [1.807, 2.05) is 13.0 Å². The van der Waals surface area contributed by atoms with Gasteiger partial charge in [0.1, 0.15) is 23.9 Å². The lowest BCUT2D eigenvalue weighted by molar-refractivity contribution is -0.151. The molecule has 0 spiro atoms. The second-order valence-corrected chi connectivity index (χ2v) is 13.9. The van der Waals surface area contributed by atoms with Crippen LogP contribution < -0.4 is 5.73 Å². The molecule has 0 radical (unpaired) electrons. The van der Waals surface area contributed by atoms with Gasteiger partial charge in [0.2, 0.25) is 0 Å².